The van der Waals surface area contributed by atoms with Crippen molar-refractivity contribution < 1.29 is 71.4 Å². The average Bonchev–Trinajstić information content (AvgIpc) is 2.95. The van der Waals surface area contributed by atoms with Gasteiger partial charge in [0.1, 0.15) is 31.2 Å². The maximum atomic E-state index is 12.2. The molecule has 2 saturated heterocycles. The van der Waals surface area contributed by atoms with Gasteiger partial charge in [-0.2, -0.15) is 0 Å². The monoisotopic (exact) mass is 653 g/mol. The predicted octanol–water partition coefficient (Wildman–Crippen LogP) is 1.56. The Balaban J connectivity index is 1.86. The van der Waals surface area contributed by atoms with Crippen molar-refractivity contribution in [1.29, 1.82) is 0 Å². The Labute approximate surface area is 265 Å². The van der Waals surface area contributed by atoms with Gasteiger partial charge in [0.15, 0.2) is 30.9 Å². The number of hydrogen-bond acceptors (Lipinski definition) is 15. The number of ether oxygens (including phenoxy) is 9. The minimum Gasteiger partial charge on any atom is -0.465 e. The molecule has 2 fully saturated rings. The first-order valence-electron chi connectivity index (χ1n) is 14.5. The van der Waals surface area contributed by atoms with Gasteiger partial charge in [-0.3, -0.25) is 28.8 Å². The summed E-state index contributed by atoms with van der Waals surface area (Å²) in [5, 5.41) is 2.66. The minimum absolute atomic E-state index is 0.222. The third kappa shape index (κ3) is 11.3. The van der Waals surface area contributed by atoms with E-state index in [2.05, 4.69) is 5.32 Å². The molecule has 16 nitrogen and oxygen atoms in total. The highest BCUT2D eigenvalue weighted by atomic mass is 16.8. The summed E-state index contributed by atoms with van der Waals surface area (Å²) in [5.74, 6) is -3.35. The first-order chi connectivity index (χ1) is 21.7. The van der Waals surface area contributed by atoms with Crippen LogP contribution in [0.2, 0.25) is 0 Å². The molecule has 2 heterocycles. The Morgan fingerprint density at radius 2 is 1.22 bits per heavy atom. The lowest BCUT2D eigenvalue weighted by molar-refractivity contribution is -0.332. The molecule has 2 aliphatic heterocycles. The number of esters is 5. The second-order valence-electron chi connectivity index (χ2n) is 10.5. The molecule has 1 N–H and O–H groups in total. The number of rotatable bonds is 12. The van der Waals surface area contributed by atoms with Crippen LogP contribution in [0.4, 0.5) is 5.69 Å². The van der Waals surface area contributed by atoms with Crippen molar-refractivity contribution in [3.63, 3.8) is 0 Å². The van der Waals surface area contributed by atoms with Crippen molar-refractivity contribution in [3.05, 3.63) is 24.3 Å². The van der Waals surface area contributed by atoms with Gasteiger partial charge in [-0.25, -0.2) is 0 Å². The second-order valence-corrected chi connectivity index (χ2v) is 10.5. The molecule has 0 aromatic heterocycles. The number of benzene rings is 1. The summed E-state index contributed by atoms with van der Waals surface area (Å²) in [6, 6.07) is 6.62. The first-order valence-corrected chi connectivity index (χ1v) is 14.5. The predicted molar refractivity (Wildman–Crippen MR) is 153 cm³/mol. The Morgan fingerprint density at radius 1 is 0.674 bits per heavy atom. The molecule has 3 unspecified atom stereocenters. The van der Waals surface area contributed by atoms with E-state index in [9.17, 15) is 28.8 Å². The van der Waals surface area contributed by atoms with Crippen molar-refractivity contribution in [2.45, 2.75) is 104 Å². The Hall–Kier alpha value is -4.28. The van der Waals surface area contributed by atoms with Crippen LogP contribution in [0, 0.1) is 0 Å². The molecule has 254 valence electrons. The van der Waals surface area contributed by atoms with Crippen molar-refractivity contribution in [1.82, 2.24) is 0 Å². The molecule has 1 amide bonds. The van der Waals surface area contributed by atoms with E-state index in [1.165, 1.54) is 13.8 Å². The highest BCUT2D eigenvalue weighted by molar-refractivity contribution is 5.88. The average molecular weight is 654 g/mol. The van der Waals surface area contributed by atoms with Gasteiger partial charge in [0.25, 0.3) is 0 Å². The van der Waals surface area contributed by atoms with Crippen LogP contribution in [0.25, 0.3) is 0 Å². The van der Waals surface area contributed by atoms with E-state index in [4.69, 9.17) is 42.6 Å². The van der Waals surface area contributed by atoms with Crippen LogP contribution in [0.15, 0.2) is 24.3 Å². The van der Waals surface area contributed by atoms with E-state index in [-0.39, 0.29) is 18.9 Å². The van der Waals surface area contributed by atoms with Crippen LogP contribution in [-0.4, -0.2) is 98.2 Å². The number of nitrogens with one attached hydrogen (secondary N) is 1. The molecular formula is C30H39NO15. The summed E-state index contributed by atoms with van der Waals surface area (Å²) in [7, 11) is 0. The van der Waals surface area contributed by atoms with Crippen LogP contribution < -0.4 is 10.1 Å². The van der Waals surface area contributed by atoms with Crippen molar-refractivity contribution in [3.8, 4) is 5.75 Å². The molecule has 0 radical (unpaired) electrons. The molecule has 0 aliphatic carbocycles. The number of hydrogen-bond donors (Lipinski definition) is 1. The van der Waals surface area contributed by atoms with Crippen LogP contribution in [0.3, 0.4) is 0 Å². The topological polar surface area (TPSA) is 198 Å². The van der Waals surface area contributed by atoms with Gasteiger partial charge in [-0.15, -0.1) is 0 Å². The number of amides is 1. The van der Waals surface area contributed by atoms with Gasteiger partial charge in [0, 0.05) is 53.7 Å². The van der Waals surface area contributed by atoms with Crippen LogP contribution >= 0.6 is 0 Å². The zero-order chi connectivity index (χ0) is 34.0. The standard InChI is InChI=1S/C30H39NO15/c1-15(32)31-21-7-9-22(10-8-21)43-26-12-11-23(24(44-26)13-38-16(2)33)45-30-29(42-20(6)37)28(41-19(5)36)27(40-18(4)35)25(46-30)14-39-17(3)34/h7-10,23-30H,11-14H2,1-6H3,(H,31,32)/t23-,24?,25?,26-,27+,28-,29+,30?/m0/s1. The summed E-state index contributed by atoms with van der Waals surface area (Å²) in [6.45, 7) is 6.46. The van der Waals surface area contributed by atoms with Gasteiger partial charge < -0.3 is 47.9 Å². The van der Waals surface area contributed by atoms with Gasteiger partial charge in [0.05, 0.1) is 6.10 Å². The van der Waals surface area contributed by atoms with E-state index in [1.807, 2.05) is 0 Å². The Morgan fingerprint density at radius 3 is 1.76 bits per heavy atom. The van der Waals surface area contributed by atoms with Crippen molar-refractivity contribution in [2.75, 3.05) is 18.5 Å². The number of carbonyl (C=O) groups excluding carboxylic acids is 6. The van der Waals surface area contributed by atoms with Crippen LogP contribution in [0.1, 0.15) is 54.4 Å². The van der Waals surface area contributed by atoms with Gasteiger partial charge in [-0.1, -0.05) is 0 Å². The highest BCUT2D eigenvalue weighted by Crippen LogP contribution is 2.33. The van der Waals surface area contributed by atoms with Crippen molar-refractivity contribution >= 4 is 41.4 Å². The minimum atomic E-state index is -1.45. The number of carbonyl (C=O) groups is 6. The lowest BCUT2D eigenvalue weighted by Crippen LogP contribution is -2.64. The molecule has 16 heteroatoms. The molecule has 0 saturated carbocycles. The molecule has 0 bridgehead atoms. The largest absolute Gasteiger partial charge is 0.465 e. The Bertz CT molecular complexity index is 1250. The maximum absolute atomic E-state index is 12.2. The zero-order valence-electron chi connectivity index (χ0n) is 26.4. The van der Waals surface area contributed by atoms with E-state index in [1.54, 1.807) is 24.3 Å². The lowest BCUT2D eigenvalue weighted by atomic mass is 9.97. The van der Waals surface area contributed by atoms with E-state index in [0.717, 1.165) is 27.7 Å². The fourth-order valence-electron chi connectivity index (χ4n) is 4.87. The quantitative estimate of drug-likeness (QED) is 0.252. The van der Waals surface area contributed by atoms with Gasteiger partial charge >= 0.3 is 29.8 Å². The lowest BCUT2D eigenvalue weighted by Gasteiger charge is -2.46. The van der Waals surface area contributed by atoms with Crippen LogP contribution in [-0.2, 0) is 66.7 Å². The van der Waals surface area contributed by atoms with E-state index >= 15 is 0 Å². The first kappa shape index (κ1) is 36.2. The van der Waals surface area contributed by atoms with Gasteiger partial charge in [-0.05, 0) is 30.7 Å². The smallest absolute Gasteiger partial charge is 0.303 e. The van der Waals surface area contributed by atoms with E-state index < -0.39 is 85.7 Å². The molecule has 46 heavy (non-hydrogen) atoms. The molecule has 0 spiro atoms. The Kier molecular flexibility index (Phi) is 13.3. The third-order valence-electron chi connectivity index (χ3n) is 6.58. The second kappa shape index (κ2) is 16.9. The zero-order valence-corrected chi connectivity index (χ0v) is 26.4. The molecular weight excluding hydrogens is 614 g/mol. The van der Waals surface area contributed by atoms with Crippen LogP contribution in [0.5, 0.6) is 5.75 Å². The molecule has 1 aromatic carbocycles. The fraction of sp³-hybridized carbons (Fsp3) is 0.600. The summed E-state index contributed by atoms with van der Waals surface area (Å²) < 4.78 is 51.0. The summed E-state index contributed by atoms with van der Waals surface area (Å²) in [4.78, 5) is 70.9. The molecule has 2 aliphatic rings. The maximum Gasteiger partial charge on any atom is 0.303 e. The molecule has 8 atom stereocenters. The highest BCUT2D eigenvalue weighted by Gasteiger charge is 2.54. The van der Waals surface area contributed by atoms with Crippen molar-refractivity contribution in [2.24, 2.45) is 0 Å². The molecule has 3 rings (SSSR count). The summed E-state index contributed by atoms with van der Waals surface area (Å²) in [6.07, 6.45) is -8.85. The fourth-order valence-corrected chi connectivity index (χ4v) is 4.87. The SMILES string of the molecule is CC(=O)Nc1ccc(O[C@@H]2CC[C@H](OC3OC(COC(C)=O)[C@@H](OC(C)=O)[C@H](OC(C)=O)[C@H]3OC(C)=O)C(COC(C)=O)O2)cc1. The number of anilines is 1. The van der Waals surface area contributed by atoms with E-state index in [0.29, 0.717) is 17.9 Å². The van der Waals surface area contributed by atoms with Gasteiger partial charge in [0.2, 0.25) is 5.91 Å². The normalized spacial score (nSPS) is 27.3. The molecule has 1 aromatic rings. The summed E-state index contributed by atoms with van der Waals surface area (Å²) in [5.41, 5.74) is 0.579. The summed E-state index contributed by atoms with van der Waals surface area (Å²) >= 11 is 0. The third-order valence-corrected chi connectivity index (χ3v) is 6.58.